The first-order valence-electron chi connectivity index (χ1n) is 7.64. The van der Waals surface area contributed by atoms with Crippen LogP contribution in [-0.2, 0) is 4.74 Å². The highest BCUT2D eigenvalue weighted by molar-refractivity contribution is 6.05. The summed E-state index contributed by atoms with van der Waals surface area (Å²) in [6.07, 6.45) is 0.549. The molecule has 130 valence electrons. The molecule has 2 aromatic carbocycles. The molecule has 0 unspecified atom stereocenters. The van der Waals surface area contributed by atoms with Crippen molar-refractivity contribution < 1.29 is 24.4 Å². The molecule has 2 rings (SSSR count). The number of esters is 1. The van der Waals surface area contributed by atoms with Crippen LogP contribution < -0.4 is 0 Å². The number of nitrogens with zero attached hydrogens (tertiary/aromatic N) is 1. The van der Waals surface area contributed by atoms with Gasteiger partial charge in [-0.2, -0.15) is 0 Å². The van der Waals surface area contributed by atoms with Crippen LogP contribution in [0.2, 0.25) is 0 Å². The van der Waals surface area contributed by atoms with Crippen LogP contribution in [0.1, 0.15) is 45.5 Å². The van der Waals surface area contributed by atoms with Crippen LogP contribution in [0.4, 0.5) is 5.69 Å². The number of nitro groups is 1. The fourth-order valence-corrected chi connectivity index (χ4v) is 2.44. The lowest BCUT2D eigenvalue weighted by Crippen LogP contribution is -2.15. The summed E-state index contributed by atoms with van der Waals surface area (Å²) in [5.74, 6) is -2.28. The van der Waals surface area contributed by atoms with E-state index in [0.29, 0.717) is 6.42 Å². The second-order valence-corrected chi connectivity index (χ2v) is 5.50. The predicted octanol–water partition coefficient (Wildman–Crippen LogP) is 3.64. The van der Waals surface area contributed by atoms with Gasteiger partial charge in [0, 0.05) is 6.07 Å². The van der Waals surface area contributed by atoms with E-state index in [1.54, 1.807) is 0 Å². The van der Waals surface area contributed by atoms with Crippen molar-refractivity contribution in [3.8, 4) is 0 Å². The number of ether oxygens (including phenoxy) is 1. The summed E-state index contributed by atoms with van der Waals surface area (Å²) in [4.78, 5) is 33.6. The number of carboxylic acid groups (broad SMARTS) is 1. The normalized spacial score (nSPS) is 11.6. The van der Waals surface area contributed by atoms with Gasteiger partial charge in [-0.1, -0.05) is 43.3 Å². The molecule has 0 heterocycles. The number of carbonyl (C=O) groups excluding carboxylic acids is 1. The molecule has 0 saturated heterocycles. The third-order valence-electron chi connectivity index (χ3n) is 3.83. The van der Waals surface area contributed by atoms with Crippen LogP contribution in [-0.4, -0.2) is 28.6 Å². The third-order valence-corrected chi connectivity index (χ3v) is 3.83. The maximum atomic E-state index is 12.2. The van der Waals surface area contributed by atoms with Crippen LogP contribution >= 0.6 is 0 Å². The molecular weight excluding hydrogens is 326 g/mol. The van der Waals surface area contributed by atoms with Crippen LogP contribution in [0.5, 0.6) is 0 Å². The van der Waals surface area contributed by atoms with Gasteiger partial charge in [-0.3, -0.25) is 10.1 Å². The lowest BCUT2D eigenvalue weighted by atomic mass is 9.98. The van der Waals surface area contributed by atoms with E-state index in [-0.39, 0.29) is 18.1 Å². The van der Waals surface area contributed by atoms with Crippen molar-refractivity contribution >= 4 is 17.6 Å². The van der Waals surface area contributed by atoms with Crippen molar-refractivity contribution in [2.75, 3.05) is 6.61 Å². The number of rotatable bonds is 7. The molecule has 0 amide bonds. The molecule has 0 saturated carbocycles. The Kier molecular flexibility index (Phi) is 5.84. The Bertz CT molecular complexity index is 787. The molecule has 2 aromatic rings. The van der Waals surface area contributed by atoms with Gasteiger partial charge in [0.05, 0.1) is 17.1 Å². The van der Waals surface area contributed by atoms with Crippen molar-refractivity contribution in [1.82, 2.24) is 0 Å². The van der Waals surface area contributed by atoms with E-state index in [2.05, 4.69) is 0 Å². The quantitative estimate of drug-likeness (QED) is 0.467. The van der Waals surface area contributed by atoms with E-state index in [1.807, 2.05) is 37.3 Å². The second-order valence-electron chi connectivity index (χ2n) is 5.50. The fraction of sp³-hybridized carbons (Fsp3) is 0.222. The Morgan fingerprint density at radius 2 is 1.84 bits per heavy atom. The molecule has 1 atom stereocenters. The highest BCUT2D eigenvalue weighted by Crippen LogP contribution is 2.24. The Morgan fingerprint density at radius 3 is 2.44 bits per heavy atom. The van der Waals surface area contributed by atoms with Crippen LogP contribution in [0, 0.1) is 10.1 Å². The van der Waals surface area contributed by atoms with E-state index in [0.717, 1.165) is 11.6 Å². The van der Waals surface area contributed by atoms with E-state index in [1.165, 1.54) is 12.1 Å². The first kappa shape index (κ1) is 18.1. The van der Waals surface area contributed by atoms with Gasteiger partial charge in [-0.15, -0.1) is 0 Å². The second kappa shape index (κ2) is 8.05. The number of carbonyl (C=O) groups is 2. The smallest absolute Gasteiger partial charge is 0.343 e. The molecule has 0 aliphatic rings. The average molecular weight is 343 g/mol. The van der Waals surface area contributed by atoms with Gasteiger partial charge in [-0.25, -0.2) is 9.59 Å². The minimum absolute atomic E-state index is 0.0800. The number of benzene rings is 2. The van der Waals surface area contributed by atoms with Gasteiger partial charge in [0.25, 0.3) is 5.69 Å². The number of hydrogen-bond donors (Lipinski definition) is 1. The summed E-state index contributed by atoms with van der Waals surface area (Å²) in [5.41, 5.74) is -0.526. The molecule has 7 heteroatoms. The Morgan fingerprint density at radius 1 is 1.16 bits per heavy atom. The molecule has 0 bridgehead atoms. The summed E-state index contributed by atoms with van der Waals surface area (Å²) >= 11 is 0. The van der Waals surface area contributed by atoms with Crippen molar-refractivity contribution in [1.29, 1.82) is 0 Å². The molecule has 0 aliphatic heterocycles. The summed E-state index contributed by atoms with van der Waals surface area (Å²) in [7, 11) is 0. The fourth-order valence-electron chi connectivity index (χ4n) is 2.44. The summed E-state index contributed by atoms with van der Waals surface area (Å²) in [5, 5.41) is 20.1. The van der Waals surface area contributed by atoms with Crippen molar-refractivity contribution in [3.63, 3.8) is 0 Å². The van der Waals surface area contributed by atoms with Crippen molar-refractivity contribution in [2.24, 2.45) is 0 Å². The summed E-state index contributed by atoms with van der Waals surface area (Å²) < 4.78 is 5.12. The lowest BCUT2D eigenvalue weighted by Gasteiger charge is -2.12. The Labute approximate surface area is 144 Å². The monoisotopic (exact) mass is 343 g/mol. The van der Waals surface area contributed by atoms with Gasteiger partial charge < -0.3 is 9.84 Å². The first-order valence-corrected chi connectivity index (χ1v) is 7.64. The molecule has 1 N–H and O–H groups in total. The minimum Gasteiger partial charge on any atom is -0.477 e. The largest absolute Gasteiger partial charge is 0.477 e. The van der Waals surface area contributed by atoms with Crippen LogP contribution in [0.3, 0.4) is 0 Å². The minimum atomic E-state index is -1.54. The van der Waals surface area contributed by atoms with Crippen LogP contribution in [0.15, 0.2) is 48.5 Å². The molecular formula is C18H17NO6. The average Bonchev–Trinajstić information content (AvgIpc) is 2.61. The van der Waals surface area contributed by atoms with Gasteiger partial charge in [0.1, 0.15) is 0 Å². The summed E-state index contributed by atoms with van der Waals surface area (Å²) in [6.45, 7) is 2.07. The number of aromatic carboxylic acids is 1. The zero-order valence-corrected chi connectivity index (χ0v) is 13.5. The topological polar surface area (TPSA) is 107 Å². The van der Waals surface area contributed by atoms with Crippen LogP contribution in [0.25, 0.3) is 0 Å². The van der Waals surface area contributed by atoms with Gasteiger partial charge in [-0.05, 0) is 24.0 Å². The number of hydrogen-bond acceptors (Lipinski definition) is 5. The molecule has 0 fully saturated rings. The summed E-state index contributed by atoms with van der Waals surface area (Å²) in [6, 6.07) is 13.2. The SMILES string of the molecule is C[C@H](CCOC(=O)c1cccc([N+](=O)[O-])c1C(=O)O)c1ccccc1. The molecule has 0 aliphatic carbocycles. The highest BCUT2D eigenvalue weighted by Gasteiger charge is 2.27. The Hall–Kier alpha value is -3.22. The molecule has 7 nitrogen and oxygen atoms in total. The highest BCUT2D eigenvalue weighted by atomic mass is 16.6. The molecule has 0 radical (unpaired) electrons. The standard InChI is InChI=1S/C18H17NO6/c1-12(13-6-3-2-4-7-13)10-11-25-18(22)14-8-5-9-15(19(23)24)16(14)17(20)21/h2-9,12H,10-11H2,1H3,(H,20,21)/t12-/m1/s1. The maximum absolute atomic E-state index is 12.2. The molecule has 0 aromatic heterocycles. The number of nitro benzene ring substituents is 1. The predicted molar refractivity (Wildman–Crippen MR) is 89.8 cm³/mol. The zero-order valence-electron chi connectivity index (χ0n) is 13.5. The zero-order chi connectivity index (χ0) is 18.4. The molecule has 0 spiro atoms. The Balaban J connectivity index is 2.07. The van der Waals surface area contributed by atoms with Crippen molar-refractivity contribution in [2.45, 2.75) is 19.3 Å². The maximum Gasteiger partial charge on any atom is 0.343 e. The van der Waals surface area contributed by atoms with Crippen molar-refractivity contribution in [3.05, 3.63) is 75.3 Å². The lowest BCUT2D eigenvalue weighted by molar-refractivity contribution is -0.385. The first-order chi connectivity index (χ1) is 11.9. The van der Waals surface area contributed by atoms with Gasteiger partial charge in [0.2, 0.25) is 0 Å². The van der Waals surface area contributed by atoms with E-state index in [9.17, 15) is 24.8 Å². The van der Waals surface area contributed by atoms with Gasteiger partial charge in [0.15, 0.2) is 5.56 Å². The number of carboxylic acids is 1. The van der Waals surface area contributed by atoms with E-state index >= 15 is 0 Å². The third kappa shape index (κ3) is 4.41. The van der Waals surface area contributed by atoms with E-state index < -0.39 is 28.1 Å². The van der Waals surface area contributed by atoms with Gasteiger partial charge >= 0.3 is 11.9 Å². The van der Waals surface area contributed by atoms with E-state index in [4.69, 9.17) is 4.74 Å². The molecule has 25 heavy (non-hydrogen) atoms.